The Balaban J connectivity index is 1.69. The minimum Gasteiger partial charge on any atom is -0.337 e. The van der Waals surface area contributed by atoms with Crippen LogP contribution in [0.5, 0.6) is 0 Å². The molecule has 3 aromatic rings. The van der Waals surface area contributed by atoms with E-state index in [1.54, 1.807) is 12.4 Å². The molecule has 0 radical (unpaired) electrons. The van der Waals surface area contributed by atoms with Gasteiger partial charge in [-0.1, -0.05) is 36.4 Å². The smallest absolute Gasteiger partial charge is 0.258 e. The van der Waals surface area contributed by atoms with Crippen molar-refractivity contribution in [3.63, 3.8) is 0 Å². The highest BCUT2D eigenvalue weighted by molar-refractivity contribution is 6.03. The molecule has 0 bridgehead atoms. The summed E-state index contributed by atoms with van der Waals surface area (Å²) in [5.41, 5.74) is 4.73. The van der Waals surface area contributed by atoms with Gasteiger partial charge in [-0.2, -0.15) is 0 Å². The van der Waals surface area contributed by atoms with Crippen LogP contribution in [0.2, 0.25) is 0 Å². The molecule has 0 unspecified atom stereocenters. The number of carbonyl (C=O) groups is 1. The van der Waals surface area contributed by atoms with Gasteiger partial charge in [0.25, 0.3) is 5.91 Å². The van der Waals surface area contributed by atoms with Gasteiger partial charge in [0.15, 0.2) is 0 Å². The monoisotopic (exact) mass is 360 g/mol. The van der Waals surface area contributed by atoms with Crippen molar-refractivity contribution < 1.29 is 4.79 Å². The Morgan fingerprint density at radius 1 is 1.00 bits per heavy atom. The van der Waals surface area contributed by atoms with E-state index in [2.05, 4.69) is 39.2 Å². The Bertz CT molecular complexity index is 907. The predicted octanol–water partition coefficient (Wildman–Crippen LogP) is 4.37. The second kappa shape index (κ2) is 8.45. The van der Waals surface area contributed by atoms with Crippen molar-refractivity contribution in [2.24, 2.45) is 0 Å². The molecule has 1 heterocycles. The van der Waals surface area contributed by atoms with Crippen LogP contribution in [0, 0.1) is 13.8 Å². The van der Waals surface area contributed by atoms with Gasteiger partial charge >= 0.3 is 0 Å². The molecule has 0 aliphatic heterocycles. The molecule has 1 N–H and O–H groups in total. The van der Waals surface area contributed by atoms with Crippen LogP contribution in [0.4, 0.5) is 11.6 Å². The summed E-state index contributed by atoms with van der Waals surface area (Å²) in [4.78, 5) is 23.3. The molecule has 5 heteroatoms. The van der Waals surface area contributed by atoms with Gasteiger partial charge in [-0.25, -0.2) is 9.97 Å². The van der Waals surface area contributed by atoms with E-state index in [0.717, 1.165) is 24.3 Å². The molecule has 0 atom stereocenters. The van der Waals surface area contributed by atoms with Crippen LogP contribution < -0.4 is 10.2 Å². The number of nitrogens with one attached hydrogen (secondary N) is 1. The van der Waals surface area contributed by atoms with Gasteiger partial charge in [-0.3, -0.25) is 4.79 Å². The molecule has 1 aromatic heterocycles. The minimum atomic E-state index is -0.212. The molecule has 27 heavy (non-hydrogen) atoms. The Hall–Kier alpha value is -3.21. The van der Waals surface area contributed by atoms with Crippen molar-refractivity contribution in [1.29, 1.82) is 0 Å². The van der Waals surface area contributed by atoms with Gasteiger partial charge in [-0.05, 0) is 49.6 Å². The lowest BCUT2D eigenvalue weighted by Gasteiger charge is -2.20. The van der Waals surface area contributed by atoms with Crippen molar-refractivity contribution in [2.45, 2.75) is 27.3 Å². The number of hydrogen-bond donors (Lipinski definition) is 1. The SMILES string of the molecule is CCN(Cc1ccccc1)c1ncc(C(=O)Nc2ccc(C)c(C)c2)cn1. The first-order valence-electron chi connectivity index (χ1n) is 9.06. The summed E-state index contributed by atoms with van der Waals surface area (Å²) in [6, 6.07) is 16.0. The third kappa shape index (κ3) is 4.70. The molecule has 0 aliphatic rings. The number of aryl methyl sites for hydroxylation is 2. The summed E-state index contributed by atoms with van der Waals surface area (Å²) < 4.78 is 0. The van der Waals surface area contributed by atoms with E-state index in [1.807, 2.05) is 50.2 Å². The molecule has 0 aliphatic carbocycles. The summed E-state index contributed by atoms with van der Waals surface area (Å²) in [6.45, 7) is 7.64. The Labute approximate surface area is 160 Å². The molecule has 0 spiro atoms. The number of nitrogens with zero attached hydrogens (tertiary/aromatic N) is 3. The van der Waals surface area contributed by atoms with E-state index in [-0.39, 0.29) is 5.91 Å². The zero-order valence-corrected chi connectivity index (χ0v) is 15.9. The van der Waals surface area contributed by atoms with Gasteiger partial charge in [0, 0.05) is 31.2 Å². The van der Waals surface area contributed by atoms with Crippen LogP contribution in [0.3, 0.4) is 0 Å². The summed E-state index contributed by atoms with van der Waals surface area (Å²) in [6.07, 6.45) is 3.15. The maximum Gasteiger partial charge on any atom is 0.258 e. The number of rotatable bonds is 6. The Kier molecular flexibility index (Phi) is 5.81. The Morgan fingerprint density at radius 2 is 1.70 bits per heavy atom. The highest BCUT2D eigenvalue weighted by Crippen LogP contribution is 2.16. The molecule has 0 saturated heterocycles. The van der Waals surface area contributed by atoms with Gasteiger partial charge in [-0.15, -0.1) is 0 Å². The predicted molar refractivity (Wildman–Crippen MR) is 109 cm³/mol. The molecular formula is C22H24N4O. The molecule has 5 nitrogen and oxygen atoms in total. The van der Waals surface area contributed by atoms with Crippen molar-refractivity contribution in [1.82, 2.24) is 9.97 Å². The topological polar surface area (TPSA) is 58.1 Å². The second-order valence-electron chi connectivity index (χ2n) is 6.52. The first-order chi connectivity index (χ1) is 13.1. The molecule has 1 amide bonds. The van der Waals surface area contributed by atoms with Crippen LogP contribution in [-0.4, -0.2) is 22.4 Å². The molecule has 0 fully saturated rings. The van der Waals surface area contributed by atoms with Crippen molar-refractivity contribution in [2.75, 3.05) is 16.8 Å². The minimum absolute atomic E-state index is 0.212. The average Bonchev–Trinajstić information content (AvgIpc) is 2.70. The van der Waals surface area contributed by atoms with Gasteiger partial charge < -0.3 is 10.2 Å². The van der Waals surface area contributed by atoms with E-state index in [1.165, 1.54) is 11.1 Å². The zero-order chi connectivity index (χ0) is 19.2. The van der Waals surface area contributed by atoms with Gasteiger partial charge in [0.1, 0.15) is 0 Å². The quantitative estimate of drug-likeness (QED) is 0.709. The number of carbonyl (C=O) groups excluding carboxylic acids is 1. The molecular weight excluding hydrogens is 336 g/mol. The molecule has 2 aromatic carbocycles. The van der Waals surface area contributed by atoms with E-state index in [4.69, 9.17) is 0 Å². The zero-order valence-electron chi connectivity index (χ0n) is 15.9. The normalized spacial score (nSPS) is 10.5. The first kappa shape index (κ1) is 18.6. The number of amides is 1. The highest BCUT2D eigenvalue weighted by Gasteiger charge is 2.12. The standard InChI is InChI=1S/C22H24N4O/c1-4-26(15-18-8-6-5-7-9-18)22-23-13-19(14-24-22)21(27)25-20-11-10-16(2)17(3)12-20/h5-14H,4,15H2,1-3H3,(H,25,27). The number of hydrogen-bond acceptors (Lipinski definition) is 4. The lowest BCUT2D eigenvalue weighted by atomic mass is 10.1. The average molecular weight is 360 g/mol. The van der Waals surface area contributed by atoms with Crippen LogP contribution in [0.15, 0.2) is 60.9 Å². The molecule has 138 valence electrons. The van der Waals surface area contributed by atoms with E-state index in [0.29, 0.717) is 11.5 Å². The lowest BCUT2D eigenvalue weighted by Crippen LogP contribution is -2.24. The van der Waals surface area contributed by atoms with Gasteiger partial charge in [0.05, 0.1) is 5.56 Å². The fraction of sp³-hybridized carbons (Fsp3) is 0.227. The maximum absolute atomic E-state index is 12.4. The number of benzene rings is 2. The lowest BCUT2D eigenvalue weighted by molar-refractivity contribution is 0.102. The van der Waals surface area contributed by atoms with E-state index in [9.17, 15) is 4.79 Å². The third-order valence-electron chi connectivity index (χ3n) is 4.55. The molecule has 0 saturated carbocycles. The van der Waals surface area contributed by atoms with Crippen molar-refractivity contribution >= 4 is 17.5 Å². The van der Waals surface area contributed by atoms with Crippen LogP contribution in [0.1, 0.15) is 34.0 Å². The van der Waals surface area contributed by atoms with Crippen molar-refractivity contribution in [3.05, 3.63) is 83.2 Å². The summed E-state index contributed by atoms with van der Waals surface area (Å²) >= 11 is 0. The van der Waals surface area contributed by atoms with E-state index < -0.39 is 0 Å². The third-order valence-corrected chi connectivity index (χ3v) is 4.55. The highest BCUT2D eigenvalue weighted by atomic mass is 16.1. The summed E-state index contributed by atoms with van der Waals surface area (Å²) in [5, 5.41) is 2.90. The van der Waals surface area contributed by atoms with Crippen molar-refractivity contribution in [3.8, 4) is 0 Å². The van der Waals surface area contributed by atoms with E-state index >= 15 is 0 Å². The first-order valence-corrected chi connectivity index (χ1v) is 9.06. The summed E-state index contributed by atoms with van der Waals surface area (Å²) in [7, 11) is 0. The maximum atomic E-state index is 12.4. The number of anilines is 2. The van der Waals surface area contributed by atoms with Crippen LogP contribution in [0.25, 0.3) is 0 Å². The fourth-order valence-electron chi connectivity index (χ4n) is 2.75. The van der Waals surface area contributed by atoms with Crippen LogP contribution in [-0.2, 0) is 6.54 Å². The fourth-order valence-corrected chi connectivity index (χ4v) is 2.75. The van der Waals surface area contributed by atoms with Gasteiger partial charge in [0.2, 0.25) is 5.95 Å². The second-order valence-corrected chi connectivity index (χ2v) is 6.52. The Morgan fingerprint density at radius 3 is 2.33 bits per heavy atom. The number of aromatic nitrogens is 2. The largest absolute Gasteiger partial charge is 0.337 e. The summed E-state index contributed by atoms with van der Waals surface area (Å²) in [5.74, 6) is 0.403. The van der Waals surface area contributed by atoms with Crippen LogP contribution >= 0.6 is 0 Å². The molecule has 3 rings (SSSR count).